The first-order chi connectivity index (χ1) is 8.66. The first-order valence-electron chi connectivity index (χ1n) is 6.33. The molecular weight excluding hydrogens is 262 g/mol. The fraction of sp³-hybridized carbons (Fsp3) is 0.571. The minimum Gasteiger partial charge on any atom is -0.391 e. The summed E-state index contributed by atoms with van der Waals surface area (Å²) in [6.07, 6.45) is -0.891. The summed E-state index contributed by atoms with van der Waals surface area (Å²) < 4.78 is 24.2. The van der Waals surface area contributed by atoms with Gasteiger partial charge in [0.25, 0.3) is 0 Å². The second kappa shape index (κ2) is 6.03. The predicted octanol–water partition coefficient (Wildman–Crippen LogP) is 1.34. The zero-order valence-corrected chi connectivity index (χ0v) is 12.8. The fourth-order valence-corrected chi connectivity index (χ4v) is 3.17. The third-order valence-electron chi connectivity index (χ3n) is 2.93. The molecule has 0 aliphatic rings. The number of aliphatic hydroxyl groups excluding tert-OH is 1. The van der Waals surface area contributed by atoms with Gasteiger partial charge in [0.05, 0.1) is 16.8 Å². The molecule has 0 fully saturated rings. The van der Waals surface area contributed by atoms with Crippen LogP contribution in [0.2, 0.25) is 0 Å². The molecule has 4 nitrogen and oxygen atoms in total. The van der Waals surface area contributed by atoms with Crippen LogP contribution in [0.4, 0.5) is 0 Å². The van der Waals surface area contributed by atoms with Gasteiger partial charge in [-0.25, -0.2) is 8.42 Å². The minimum atomic E-state index is -3.43. The number of benzene rings is 1. The summed E-state index contributed by atoms with van der Waals surface area (Å²) in [5.41, 5.74) is 1.08. The van der Waals surface area contributed by atoms with E-state index < -0.39 is 15.9 Å². The Morgan fingerprint density at radius 2 is 1.74 bits per heavy atom. The Kier molecular flexibility index (Phi) is 5.12. The van der Waals surface area contributed by atoms with Crippen molar-refractivity contribution in [2.24, 2.45) is 0 Å². The lowest BCUT2D eigenvalue weighted by atomic mass is 9.87. The van der Waals surface area contributed by atoms with Crippen LogP contribution in [0.1, 0.15) is 26.3 Å². The van der Waals surface area contributed by atoms with Gasteiger partial charge < -0.3 is 10.4 Å². The largest absolute Gasteiger partial charge is 0.391 e. The van der Waals surface area contributed by atoms with Crippen molar-refractivity contribution in [1.29, 1.82) is 0 Å². The molecule has 19 heavy (non-hydrogen) atoms. The number of hydrogen-bond donors (Lipinski definition) is 2. The van der Waals surface area contributed by atoms with Crippen LogP contribution in [0.15, 0.2) is 29.2 Å². The van der Waals surface area contributed by atoms with Crippen molar-refractivity contribution in [2.45, 2.75) is 37.2 Å². The fourth-order valence-electron chi connectivity index (χ4n) is 1.81. The zero-order chi connectivity index (χ0) is 14.7. The summed E-state index contributed by atoms with van der Waals surface area (Å²) in [6, 6.07) is 6.89. The molecule has 0 amide bonds. The van der Waals surface area contributed by atoms with Gasteiger partial charge in [-0.1, -0.05) is 32.9 Å². The van der Waals surface area contributed by atoms with E-state index in [0.717, 1.165) is 5.56 Å². The highest BCUT2D eigenvalue weighted by Crippen LogP contribution is 2.23. The molecule has 1 atom stereocenters. The summed E-state index contributed by atoms with van der Waals surface area (Å²) in [4.78, 5) is 0.260. The van der Waals surface area contributed by atoms with E-state index in [0.29, 0.717) is 0 Å². The van der Waals surface area contributed by atoms with Crippen LogP contribution >= 0.6 is 0 Å². The average Bonchev–Trinajstić information content (AvgIpc) is 2.27. The van der Waals surface area contributed by atoms with Crippen molar-refractivity contribution < 1.29 is 13.5 Å². The molecule has 1 unspecified atom stereocenters. The standard InChI is InChI=1S/C14H23NO3S/c1-14(2,3)11-5-7-13(8-6-11)19(17,18)10-12(16)9-15-4/h5-8,12,15-16H,9-10H2,1-4H3. The van der Waals surface area contributed by atoms with Gasteiger partial charge >= 0.3 is 0 Å². The lowest BCUT2D eigenvalue weighted by Crippen LogP contribution is -2.30. The van der Waals surface area contributed by atoms with Crippen molar-refractivity contribution in [2.75, 3.05) is 19.3 Å². The highest BCUT2D eigenvalue weighted by atomic mass is 32.2. The predicted molar refractivity (Wildman–Crippen MR) is 77.1 cm³/mol. The molecular formula is C14H23NO3S. The molecule has 0 aliphatic carbocycles. The van der Waals surface area contributed by atoms with Gasteiger partial charge in [0.2, 0.25) is 0 Å². The maximum Gasteiger partial charge on any atom is 0.180 e. The molecule has 2 N–H and O–H groups in total. The Bertz CT molecular complexity index is 500. The van der Waals surface area contributed by atoms with Gasteiger partial charge in [-0.3, -0.25) is 0 Å². The molecule has 0 saturated heterocycles. The first kappa shape index (κ1) is 16.1. The summed E-state index contributed by atoms with van der Waals surface area (Å²) in [6.45, 7) is 6.49. The molecule has 0 aromatic heterocycles. The Hall–Kier alpha value is -0.910. The van der Waals surface area contributed by atoms with E-state index in [-0.39, 0.29) is 22.6 Å². The van der Waals surface area contributed by atoms with E-state index in [9.17, 15) is 13.5 Å². The van der Waals surface area contributed by atoms with Gasteiger partial charge in [0, 0.05) is 6.54 Å². The maximum atomic E-state index is 12.1. The molecule has 0 saturated carbocycles. The van der Waals surface area contributed by atoms with Gasteiger partial charge in [0.15, 0.2) is 9.84 Å². The lowest BCUT2D eigenvalue weighted by Gasteiger charge is -2.19. The minimum absolute atomic E-state index is 0.00602. The Balaban J connectivity index is 2.91. The number of likely N-dealkylation sites (N-methyl/N-ethyl adjacent to an activating group) is 1. The van der Waals surface area contributed by atoms with Crippen LogP contribution < -0.4 is 5.32 Å². The highest BCUT2D eigenvalue weighted by molar-refractivity contribution is 7.91. The van der Waals surface area contributed by atoms with Crippen LogP contribution in [0.5, 0.6) is 0 Å². The Labute approximate surface area is 115 Å². The summed E-state index contributed by atoms with van der Waals surface area (Å²) in [5, 5.41) is 12.3. The molecule has 0 radical (unpaired) electrons. The van der Waals surface area contributed by atoms with E-state index >= 15 is 0 Å². The zero-order valence-electron chi connectivity index (χ0n) is 12.0. The van der Waals surface area contributed by atoms with E-state index in [1.165, 1.54) is 0 Å². The highest BCUT2D eigenvalue weighted by Gasteiger charge is 2.20. The van der Waals surface area contributed by atoms with Gasteiger partial charge in [-0.15, -0.1) is 0 Å². The normalized spacial score (nSPS) is 14.4. The third-order valence-corrected chi connectivity index (χ3v) is 4.75. The molecule has 1 aromatic carbocycles. The summed E-state index contributed by atoms with van der Waals surface area (Å²) >= 11 is 0. The average molecular weight is 285 g/mol. The quantitative estimate of drug-likeness (QED) is 0.857. The van der Waals surface area contributed by atoms with Crippen LogP contribution in [0.25, 0.3) is 0 Å². The van der Waals surface area contributed by atoms with Crippen molar-refractivity contribution in [3.8, 4) is 0 Å². The molecule has 0 aliphatic heterocycles. The number of nitrogens with one attached hydrogen (secondary N) is 1. The molecule has 1 aromatic rings. The summed E-state index contributed by atoms with van der Waals surface area (Å²) in [5.74, 6) is -0.261. The van der Waals surface area contributed by atoms with Gasteiger partial charge in [-0.05, 0) is 30.2 Å². The second-order valence-electron chi connectivity index (χ2n) is 5.77. The number of sulfone groups is 1. The number of aliphatic hydroxyl groups is 1. The molecule has 0 bridgehead atoms. The van der Waals surface area contributed by atoms with Crippen LogP contribution in [-0.4, -0.2) is 39.0 Å². The molecule has 1 rings (SSSR count). The second-order valence-corrected chi connectivity index (χ2v) is 7.80. The smallest absolute Gasteiger partial charge is 0.180 e. The first-order valence-corrected chi connectivity index (χ1v) is 7.98. The van der Waals surface area contributed by atoms with Crippen LogP contribution in [0, 0.1) is 0 Å². The van der Waals surface area contributed by atoms with Crippen molar-refractivity contribution in [3.63, 3.8) is 0 Å². The van der Waals surface area contributed by atoms with Crippen molar-refractivity contribution in [1.82, 2.24) is 5.32 Å². The van der Waals surface area contributed by atoms with E-state index in [2.05, 4.69) is 26.1 Å². The monoisotopic (exact) mass is 285 g/mol. The number of rotatable bonds is 5. The number of hydrogen-bond acceptors (Lipinski definition) is 4. The molecule has 5 heteroatoms. The van der Waals surface area contributed by atoms with E-state index in [4.69, 9.17) is 0 Å². The Morgan fingerprint density at radius 1 is 1.21 bits per heavy atom. The van der Waals surface area contributed by atoms with Crippen LogP contribution in [-0.2, 0) is 15.3 Å². The SMILES string of the molecule is CNCC(O)CS(=O)(=O)c1ccc(C(C)(C)C)cc1. The van der Waals surface area contributed by atoms with Gasteiger partial charge in [0.1, 0.15) is 0 Å². The van der Waals surface area contributed by atoms with Crippen molar-refractivity contribution >= 4 is 9.84 Å². The van der Waals surface area contributed by atoms with Crippen molar-refractivity contribution in [3.05, 3.63) is 29.8 Å². The van der Waals surface area contributed by atoms with Crippen LogP contribution in [0.3, 0.4) is 0 Å². The molecule has 0 heterocycles. The van der Waals surface area contributed by atoms with Gasteiger partial charge in [-0.2, -0.15) is 0 Å². The Morgan fingerprint density at radius 3 is 2.16 bits per heavy atom. The van der Waals surface area contributed by atoms with E-state index in [1.807, 2.05) is 12.1 Å². The van der Waals surface area contributed by atoms with E-state index in [1.54, 1.807) is 19.2 Å². The lowest BCUT2D eigenvalue weighted by molar-refractivity contribution is 0.197. The summed E-state index contributed by atoms with van der Waals surface area (Å²) in [7, 11) is -1.76. The maximum absolute atomic E-state index is 12.1. The molecule has 0 spiro atoms. The molecule has 108 valence electrons. The third kappa shape index (κ3) is 4.60. The topological polar surface area (TPSA) is 66.4 Å².